The van der Waals surface area contributed by atoms with Crippen LogP contribution >= 0.6 is 27.3 Å². The Kier molecular flexibility index (Phi) is 4.50. The molecule has 0 aromatic carbocycles. The van der Waals surface area contributed by atoms with Crippen molar-refractivity contribution in [3.05, 3.63) is 38.6 Å². The number of carbonyl (C=O) groups excluding carboxylic acids is 1. The maximum absolute atomic E-state index is 12.0. The Hall–Kier alpha value is -1.47. The minimum Gasteiger partial charge on any atom is -0.355 e. The summed E-state index contributed by atoms with van der Waals surface area (Å²) in [7, 11) is 0. The first-order valence-corrected chi connectivity index (χ1v) is 8.49. The van der Waals surface area contributed by atoms with Gasteiger partial charge in [-0.05, 0) is 47.0 Å². The van der Waals surface area contributed by atoms with Gasteiger partial charge in [0.15, 0.2) is 11.5 Å². The maximum Gasteiger partial charge on any atom is 0.272 e. The minimum atomic E-state index is -0.194. The van der Waals surface area contributed by atoms with E-state index in [9.17, 15) is 4.79 Å². The number of hydrogen-bond acceptors (Lipinski definition) is 5. The number of anilines is 1. The molecule has 2 aromatic rings. The van der Waals surface area contributed by atoms with E-state index in [0.717, 1.165) is 28.3 Å². The van der Waals surface area contributed by atoms with Gasteiger partial charge in [-0.3, -0.25) is 4.79 Å². The highest BCUT2D eigenvalue weighted by molar-refractivity contribution is 9.10. The lowest BCUT2D eigenvalue weighted by molar-refractivity contribution is 0.0945. The highest BCUT2D eigenvalue weighted by Crippen LogP contribution is 2.19. The second-order valence-corrected chi connectivity index (χ2v) is 6.80. The van der Waals surface area contributed by atoms with Gasteiger partial charge in [-0.25, -0.2) is 0 Å². The average Bonchev–Trinajstić information content (AvgIpc) is 3.16. The van der Waals surface area contributed by atoms with E-state index in [2.05, 4.69) is 36.3 Å². The molecule has 1 saturated heterocycles. The lowest BCUT2D eigenvalue weighted by Crippen LogP contribution is -2.25. The Morgan fingerprint density at radius 2 is 2.14 bits per heavy atom. The van der Waals surface area contributed by atoms with Crippen molar-refractivity contribution in [2.24, 2.45) is 0 Å². The summed E-state index contributed by atoms with van der Waals surface area (Å²) in [5, 5.41) is 13.0. The van der Waals surface area contributed by atoms with Gasteiger partial charge in [0.05, 0.1) is 6.54 Å². The topological polar surface area (TPSA) is 58.1 Å². The number of nitrogens with zero attached hydrogens (tertiary/aromatic N) is 3. The van der Waals surface area contributed by atoms with Crippen LogP contribution in [-0.4, -0.2) is 29.2 Å². The van der Waals surface area contributed by atoms with Gasteiger partial charge in [-0.2, -0.15) is 0 Å². The van der Waals surface area contributed by atoms with Crippen LogP contribution in [0.2, 0.25) is 0 Å². The molecule has 110 valence electrons. The molecular weight excluding hydrogens is 352 g/mol. The molecule has 1 aliphatic heterocycles. The van der Waals surface area contributed by atoms with Crippen LogP contribution in [-0.2, 0) is 6.54 Å². The van der Waals surface area contributed by atoms with E-state index in [4.69, 9.17) is 0 Å². The SMILES string of the molecule is O=C(NCc1cc(Br)cs1)c1ccc(N2CCCC2)nn1. The van der Waals surface area contributed by atoms with Crippen LogP contribution in [0.1, 0.15) is 28.2 Å². The number of aromatic nitrogens is 2. The summed E-state index contributed by atoms with van der Waals surface area (Å²) in [6, 6.07) is 5.60. The van der Waals surface area contributed by atoms with E-state index >= 15 is 0 Å². The minimum absolute atomic E-state index is 0.194. The van der Waals surface area contributed by atoms with E-state index < -0.39 is 0 Å². The molecule has 2 aromatic heterocycles. The second-order valence-electron chi connectivity index (χ2n) is 4.88. The third-order valence-electron chi connectivity index (χ3n) is 3.36. The zero-order valence-electron chi connectivity index (χ0n) is 11.4. The maximum atomic E-state index is 12.0. The predicted octanol–water partition coefficient (Wildman–Crippen LogP) is 2.83. The van der Waals surface area contributed by atoms with E-state index in [1.807, 2.05) is 17.5 Å². The van der Waals surface area contributed by atoms with Crippen molar-refractivity contribution in [2.45, 2.75) is 19.4 Å². The Balaban J connectivity index is 1.59. The molecule has 3 rings (SSSR count). The molecule has 1 aliphatic rings. The van der Waals surface area contributed by atoms with E-state index in [-0.39, 0.29) is 5.91 Å². The van der Waals surface area contributed by atoms with Gasteiger partial charge in [-0.15, -0.1) is 21.5 Å². The molecule has 0 aliphatic carbocycles. The third-order valence-corrected chi connectivity index (χ3v) is 5.06. The van der Waals surface area contributed by atoms with E-state index in [1.165, 1.54) is 12.8 Å². The van der Waals surface area contributed by atoms with Crippen molar-refractivity contribution >= 4 is 39.0 Å². The Morgan fingerprint density at radius 1 is 1.33 bits per heavy atom. The number of carbonyl (C=O) groups is 1. The summed E-state index contributed by atoms with van der Waals surface area (Å²) in [6.45, 7) is 2.55. The largest absolute Gasteiger partial charge is 0.355 e. The van der Waals surface area contributed by atoms with Crippen molar-refractivity contribution in [1.29, 1.82) is 0 Å². The normalized spacial score (nSPS) is 14.4. The van der Waals surface area contributed by atoms with Crippen LogP contribution in [0.3, 0.4) is 0 Å². The van der Waals surface area contributed by atoms with Crippen molar-refractivity contribution in [1.82, 2.24) is 15.5 Å². The summed E-state index contributed by atoms with van der Waals surface area (Å²) >= 11 is 5.00. The number of thiophene rings is 1. The van der Waals surface area contributed by atoms with Crippen LogP contribution in [0.4, 0.5) is 5.82 Å². The zero-order chi connectivity index (χ0) is 14.7. The highest BCUT2D eigenvalue weighted by atomic mass is 79.9. The molecule has 3 heterocycles. The fourth-order valence-electron chi connectivity index (χ4n) is 2.27. The molecule has 1 N–H and O–H groups in total. The molecular formula is C14H15BrN4OS. The molecule has 1 fully saturated rings. The molecule has 0 atom stereocenters. The molecule has 0 spiro atoms. The first kappa shape index (κ1) is 14.5. The lowest BCUT2D eigenvalue weighted by atomic mass is 10.3. The number of nitrogens with one attached hydrogen (secondary N) is 1. The van der Waals surface area contributed by atoms with E-state index in [0.29, 0.717) is 12.2 Å². The van der Waals surface area contributed by atoms with Crippen LogP contribution in [0.25, 0.3) is 0 Å². The second kappa shape index (κ2) is 6.53. The first-order chi connectivity index (χ1) is 10.2. The lowest BCUT2D eigenvalue weighted by Gasteiger charge is -2.15. The van der Waals surface area contributed by atoms with Crippen molar-refractivity contribution in [2.75, 3.05) is 18.0 Å². The van der Waals surface area contributed by atoms with Gasteiger partial charge in [0.25, 0.3) is 5.91 Å². The molecule has 0 radical (unpaired) electrons. The van der Waals surface area contributed by atoms with Gasteiger partial charge >= 0.3 is 0 Å². The Morgan fingerprint density at radius 3 is 2.76 bits per heavy atom. The summed E-state index contributed by atoms with van der Waals surface area (Å²) in [4.78, 5) is 15.3. The number of halogens is 1. The quantitative estimate of drug-likeness (QED) is 0.903. The average molecular weight is 367 g/mol. The molecule has 21 heavy (non-hydrogen) atoms. The molecule has 0 bridgehead atoms. The van der Waals surface area contributed by atoms with Gasteiger partial charge in [-0.1, -0.05) is 0 Å². The summed E-state index contributed by atoms with van der Waals surface area (Å²) < 4.78 is 1.03. The molecule has 0 unspecified atom stereocenters. The zero-order valence-corrected chi connectivity index (χ0v) is 13.8. The van der Waals surface area contributed by atoms with Crippen LogP contribution in [0, 0.1) is 0 Å². The smallest absolute Gasteiger partial charge is 0.272 e. The van der Waals surface area contributed by atoms with Crippen LogP contribution < -0.4 is 10.2 Å². The van der Waals surface area contributed by atoms with Gasteiger partial charge in [0.1, 0.15) is 0 Å². The van der Waals surface area contributed by atoms with Crippen molar-refractivity contribution in [3.8, 4) is 0 Å². The van der Waals surface area contributed by atoms with Crippen LogP contribution in [0.15, 0.2) is 28.1 Å². The van der Waals surface area contributed by atoms with Crippen LogP contribution in [0.5, 0.6) is 0 Å². The van der Waals surface area contributed by atoms with Gasteiger partial charge in [0.2, 0.25) is 0 Å². The first-order valence-electron chi connectivity index (χ1n) is 6.82. The van der Waals surface area contributed by atoms with Crippen molar-refractivity contribution < 1.29 is 4.79 Å². The third kappa shape index (κ3) is 3.59. The molecule has 7 heteroatoms. The Labute approximate surface area is 135 Å². The van der Waals surface area contributed by atoms with Gasteiger partial charge < -0.3 is 10.2 Å². The van der Waals surface area contributed by atoms with E-state index in [1.54, 1.807) is 17.4 Å². The Bertz CT molecular complexity index is 622. The number of rotatable bonds is 4. The highest BCUT2D eigenvalue weighted by Gasteiger charge is 2.15. The summed E-state index contributed by atoms with van der Waals surface area (Å²) in [6.07, 6.45) is 2.39. The number of hydrogen-bond donors (Lipinski definition) is 1. The van der Waals surface area contributed by atoms with Crippen molar-refractivity contribution in [3.63, 3.8) is 0 Å². The molecule has 1 amide bonds. The molecule has 5 nitrogen and oxygen atoms in total. The monoisotopic (exact) mass is 366 g/mol. The van der Waals surface area contributed by atoms with Gasteiger partial charge in [0, 0.05) is 27.8 Å². The standard InChI is InChI=1S/C14H15BrN4OS/c15-10-7-11(21-9-10)8-16-14(20)12-3-4-13(18-17-12)19-5-1-2-6-19/h3-4,7,9H,1-2,5-6,8H2,(H,16,20). The number of amides is 1. The molecule has 0 saturated carbocycles. The fraction of sp³-hybridized carbons (Fsp3) is 0.357. The predicted molar refractivity (Wildman–Crippen MR) is 86.7 cm³/mol. The fourth-order valence-corrected chi connectivity index (χ4v) is 3.66. The summed E-state index contributed by atoms with van der Waals surface area (Å²) in [5.74, 6) is 0.659. The summed E-state index contributed by atoms with van der Waals surface area (Å²) in [5.41, 5.74) is 0.355.